The number of carbonyl (C=O) groups excluding carboxylic acids is 3. The molecule has 0 saturated heterocycles. The number of hydrogen-bond acceptors (Lipinski definition) is 25. The number of quaternary nitrogens is 1. The fourth-order valence-corrected chi connectivity index (χ4v) is 10.4. The number of alkyl halides is 1. The van der Waals surface area contributed by atoms with Gasteiger partial charge < -0.3 is 78.1 Å². The van der Waals surface area contributed by atoms with Crippen molar-refractivity contribution >= 4 is 159 Å². The van der Waals surface area contributed by atoms with Gasteiger partial charge in [0.1, 0.15) is 56.7 Å². The first kappa shape index (κ1) is 98.7. The zero-order valence-electron chi connectivity index (χ0n) is 55.6. The molecule has 1 radical (unpaired) electrons. The molecule has 3 aromatic carbocycles. The van der Waals surface area contributed by atoms with E-state index in [1.807, 2.05) is 120 Å². The number of aliphatic carboxylic acids is 2. The van der Waals surface area contributed by atoms with E-state index in [-0.39, 0.29) is 155 Å². The van der Waals surface area contributed by atoms with Crippen LogP contribution in [0.3, 0.4) is 0 Å². The molecule has 7 N–H and O–H groups in total. The smallest absolute Gasteiger partial charge is 1.00 e. The number of carbonyl (C=O) groups is 5. The standard InChI is InChI=1S/C17H21N3O3S.C15H17N3O3S2.C12H13N3OS.C9H18ClNO2.C3H7NO2S.C2I.CH2O3.CH4.2K.V.H/c1-17(2,3)23-16(21)20(4)8-5-9-22-12-6-7-13-14(10-12)24-15(11-18)19-13;1-16-5-2-6-21-9-3-4-10-12(7-9)23-14(17-10)13-18-11(8-22-13)15(19)20;1-14-5-2-6-16-9-3-4-10-11(7-9)17-12(8-13)15-10;1-9(2,3)13-8(12)11(4)7-5-6-10;4-2(1-7)3(5)6;1-2-3;2-1-4-3;;;;;/h6-7,10H,5,8-9H2,1-4H3;3-4,7,11,16H,2,5-6,8H2,1H3,(H,19,20);3-4,7,14H,2,5-6H2,1H3;5-7H2,1-4H3;2,7H,1,4H2,(H,5,6);;1,3H;1H4;;;;/q;;;;;-1;;;2*+1;;-1/t;11-;;;2-;;;;;;;/m.1..1......./s1. The van der Waals surface area contributed by atoms with Gasteiger partial charge in [0, 0.05) is 69.5 Å². The first-order chi connectivity index (χ1) is 43.2. The van der Waals surface area contributed by atoms with E-state index in [4.69, 9.17) is 78.2 Å². The summed E-state index contributed by atoms with van der Waals surface area (Å²) in [5, 5.41) is 50.8. The number of nitrogens with zero attached hydrogens (tertiary/aromatic N) is 8. The summed E-state index contributed by atoms with van der Waals surface area (Å²) in [7, 11) is 7.39. The number of aliphatic imine (C=N–C) groups is 1. The van der Waals surface area contributed by atoms with Crippen molar-refractivity contribution in [1.82, 2.24) is 30.1 Å². The molecule has 2 atom stereocenters. The molecular weight excluding hydrogens is 1550 g/mol. The topological polar surface area (TPSA) is 364 Å². The van der Waals surface area contributed by atoms with Crippen LogP contribution in [0.1, 0.15) is 91.1 Å². The molecule has 4 heterocycles. The Balaban J connectivity index is -0.000000359. The predicted molar refractivity (Wildman–Crippen MR) is 374 cm³/mol. The van der Waals surface area contributed by atoms with Gasteiger partial charge in [-0.15, -0.1) is 57.4 Å². The Morgan fingerprint density at radius 2 is 1.24 bits per heavy atom. The number of nitrogens with two attached hydrogens (primary N) is 2. The van der Waals surface area contributed by atoms with Gasteiger partial charge >= 0.3 is 127 Å². The van der Waals surface area contributed by atoms with E-state index in [2.05, 4.69) is 54.2 Å². The zero-order chi connectivity index (χ0) is 68.5. The molecule has 6 aromatic rings. The van der Waals surface area contributed by atoms with Crippen LogP contribution in [0, 0.1) is 33.0 Å². The van der Waals surface area contributed by atoms with Crippen molar-refractivity contribution in [1.29, 1.82) is 10.5 Å². The number of amides is 2. The Morgan fingerprint density at radius 1 is 0.832 bits per heavy atom. The number of ether oxygens (including phenoxy) is 5. The fraction of sp³-hybridized carbons (Fsp3) is 0.483. The summed E-state index contributed by atoms with van der Waals surface area (Å²) in [4.78, 5) is 75.4. The number of benzene rings is 3. The van der Waals surface area contributed by atoms with Gasteiger partial charge in [0.05, 0.1) is 64.1 Å². The molecule has 95 heavy (non-hydrogen) atoms. The minimum atomic E-state index is -1.00. The van der Waals surface area contributed by atoms with Crippen LogP contribution < -0.4 is 139 Å². The molecule has 35 heteroatoms. The molecule has 0 spiro atoms. The summed E-state index contributed by atoms with van der Waals surface area (Å²) in [5.41, 5.74) is 6.57. The monoisotopic (exact) mass is 1630 g/mol. The van der Waals surface area contributed by atoms with E-state index < -0.39 is 35.2 Å². The normalized spacial score (nSPS) is 11.7. The van der Waals surface area contributed by atoms with Gasteiger partial charge in [0.2, 0.25) is 0 Å². The number of hydrogen-bond donors (Lipinski definition) is 6. The molecule has 513 valence electrons. The van der Waals surface area contributed by atoms with E-state index >= 15 is 0 Å². The van der Waals surface area contributed by atoms with Gasteiger partial charge in [-0.3, -0.25) is 18.5 Å². The van der Waals surface area contributed by atoms with E-state index in [0.717, 1.165) is 96.9 Å². The molecule has 0 aliphatic carbocycles. The molecule has 25 nitrogen and oxygen atoms in total. The minimum Gasteiger partial charge on any atom is -1.00 e. The van der Waals surface area contributed by atoms with Crippen LogP contribution in [0.5, 0.6) is 17.2 Å². The first-order valence-corrected chi connectivity index (χ1v) is 33.4. The average Bonchev–Trinajstić information content (AvgIpc) is 1.68. The number of rotatable bonds is 23. The van der Waals surface area contributed by atoms with Crippen LogP contribution in [-0.4, -0.2) is 185 Å². The van der Waals surface area contributed by atoms with Gasteiger partial charge in [0.15, 0.2) is 16.1 Å². The zero-order valence-corrected chi connectivity index (χ0v) is 69.4. The molecular formula is C60H83ClIK2N11O14S5V. The van der Waals surface area contributed by atoms with Crippen molar-refractivity contribution in [2.45, 2.75) is 97.9 Å². The summed E-state index contributed by atoms with van der Waals surface area (Å²) >= 11 is 16.6. The number of nitriles is 2. The van der Waals surface area contributed by atoms with Gasteiger partial charge in [-0.25, -0.2) is 29.3 Å². The molecule has 7 rings (SSSR count). The van der Waals surface area contributed by atoms with E-state index in [1.165, 1.54) is 50.7 Å². The molecule has 0 unspecified atom stereocenters. The second-order valence-corrected chi connectivity index (χ2v) is 25.8. The quantitative estimate of drug-likeness (QED) is 0.00513. The third kappa shape index (κ3) is 43.6. The second kappa shape index (κ2) is 56.0. The number of fused-ring (bicyclic) bond motifs is 3. The number of carboxylic acids is 2. The maximum atomic E-state index is 11.8. The summed E-state index contributed by atoms with van der Waals surface area (Å²) in [6.45, 7) is 16.0. The molecule has 0 fully saturated rings. The number of aromatic nitrogens is 3. The molecule has 0 bridgehead atoms. The van der Waals surface area contributed by atoms with Crippen molar-refractivity contribution in [3.63, 3.8) is 0 Å². The van der Waals surface area contributed by atoms with E-state index in [9.17, 15) is 19.2 Å². The van der Waals surface area contributed by atoms with Crippen LogP contribution in [-0.2, 0) is 47.3 Å². The number of carboxylic acid groups (broad SMARTS) is 2. The number of thiazole rings is 3. The molecule has 3 aromatic heterocycles. The molecule has 0 saturated carbocycles. The Labute approximate surface area is 695 Å². The van der Waals surface area contributed by atoms with Crippen molar-refractivity contribution < 1.29 is 196 Å². The Kier molecular flexibility index (Phi) is 58.2. The van der Waals surface area contributed by atoms with Crippen molar-refractivity contribution in [2.24, 2.45) is 10.7 Å². The van der Waals surface area contributed by atoms with Crippen LogP contribution in [0.4, 0.5) is 9.59 Å². The number of thioether (sulfide) groups is 1. The molecule has 1 aliphatic heterocycles. The minimum absolute atomic E-state index is 0. The van der Waals surface area contributed by atoms with E-state index in [0.29, 0.717) is 54.4 Å². The van der Waals surface area contributed by atoms with Gasteiger partial charge in [-0.1, -0.05) is 7.43 Å². The van der Waals surface area contributed by atoms with Crippen molar-refractivity contribution in [3.05, 3.63) is 76.0 Å². The van der Waals surface area contributed by atoms with E-state index in [1.54, 1.807) is 41.6 Å². The maximum Gasteiger partial charge on any atom is 1.00 e. The Bertz CT molecular complexity index is 3370. The largest absolute Gasteiger partial charge is 1.00 e. The van der Waals surface area contributed by atoms with Crippen LogP contribution >= 0.6 is 92.6 Å². The third-order valence-corrected chi connectivity index (χ3v) is 15.3. The maximum absolute atomic E-state index is 11.8. The Hall–Kier alpha value is -2.69. The number of nitrogens with one attached hydrogen (secondary N) is 1. The number of thiol groups is 1. The third-order valence-electron chi connectivity index (χ3n) is 10.6. The van der Waals surface area contributed by atoms with Crippen molar-refractivity contribution in [3.8, 4) is 33.3 Å². The van der Waals surface area contributed by atoms with Crippen LogP contribution in [0.15, 0.2) is 59.6 Å². The molecule has 1 aliphatic rings. The van der Waals surface area contributed by atoms with Crippen molar-refractivity contribution in [2.75, 3.05) is 91.6 Å². The van der Waals surface area contributed by atoms with Crippen LogP contribution in [0.25, 0.3) is 30.6 Å². The summed E-state index contributed by atoms with van der Waals surface area (Å²) < 4.78 is 32.4. The average molecular weight is 1630 g/mol. The summed E-state index contributed by atoms with van der Waals surface area (Å²) in [6.07, 6.45) is 8.78. The SMILES string of the molecule is C.CN(CCCCl)C(=O)OC(C)(C)C.CN(CCCOc1ccc2nc(C#N)sc2c1)C(=O)OC(C)(C)C.CNCCCOc1ccc2nc(C3=N[C@@H](C(=O)O)CS3)sc2c1.C[NH2+]CCCOc1ccc2nc(C#N)sc2c1.N[C@H](CS)C(=O)O.O=CO[O-].[C-]#CI.[H-].[K+].[K+].[V]. The first-order valence-electron chi connectivity index (χ1n) is 27.7. The second-order valence-electron chi connectivity index (χ2n) is 20.4. The number of halogens is 2. The molecule has 2 amide bonds. The summed E-state index contributed by atoms with van der Waals surface area (Å²) in [6, 6.07) is 19.7. The van der Waals surface area contributed by atoms with Gasteiger partial charge in [0.25, 0.3) is 6.47 Å². The van der Waals surface area contributed by atoms with Gasteiger partial charge in [-0.05, 0) is 152 Å². The van der Waals surface area contributed by atoms with Crippen LogP contribution in [0.2, 0.25) is 0 Å². The van der Waals surface area contributed by atoms with Gasteiger partial charge in [-0.2, -0.15) is 23.2 Å². The summed E-state index contributed by atoms with van der Waals surface area (Å²) in [5.74, 6) is 1.74. The predicted octanol–water partition coefficient (Wildman–Crippen LogP) is 3.13. The fourth-order valence-electron chi connectivity index (χ4n) is 6.43. The Morgan fingerprint density at radius 3 is 1.59 bits per heavy atom.